The van der Waals surface area contributed by atoms with Gasteiger partial charge in [0.05, 0.1) is 6.42 Å². The Balaban J connectivity index is 1.64. The lowest BCUT2D eigenvalue weighted by Crippen LogP contribution is -2.71. The third-order valence-electron chi connectivity index (χ3n) is 4.76. The van der Waals surface area contributed by atoms with Crippen molar-refractivity contribution in [1.29, 1.82) is 0 Å². The van der Waals surface area contributed by atoms with Crippen molar-refractivity contribution in [3.05, 3.63) is 35.9 Å². The van der Waals surface area contributed by atoms with Gasteiger partial charge in [0.1, 0.15) is 17.5 Å². The van der Waals surface area contributed by atoms with Crippen LogP contribution in [0, 0.1) is 0 Å². The molecule has 2 fully saturated rings. The topological polar surface area (TPSA) is 78.5 Å². The molecule has 1 aromatic carbocycles. The summed E-state index contributed by atoms with van der Waals surface area (Å²) in [5.74, 6) is -0.466. The van der Waals surface area contributed by atoms with Gasteiger partial charge in [-0.2, -0.15) is 0 Å². The van der Waals surface area contributed by atoms with Crippen LogP contribution >= 0.6 is 11.8 Å². The van der Waals surface area contributed by atoms with Crippen LogP contribution in [0.25, 0.3) is 0 Å². The number of carbonyl (C=O) groups is 3. The Morgan fingerprint density at radius 1 is 1.23 bits per heavy atom. The molecular formula is C19H25N3O3S. The van der Waals surface area contributed by atoms with Gasteiger partial charge >= 0.3 is 0 Å². The summed E-state index contributed by atoms with van der Waals surface area (Å²) >= 11 is 1.58. The number of β-lactam (4-membered cyclic amide) rings is 1. The van der Waals surface area contributed by atoms with E-state index in [0.717, 1.165) is 12.0 Å². The molecule has 3 atom stereocenters. The fourth-order valence-electron chi connectivity index (χ4n) is 3.52. The minimum absolute atomic E-state index is 0.116. The van der Waals surface area contributed by atoms with Crippen LogP contribution < -0.4 is 10.6 Å². The normalized spacial score (nSPS) is 26.0. The van der Waals surface area contributed by atoms with Crippen molar-refractivity contribution >= 4 is 29.5 Å². The van der Waals surface area contributed by atoms with Gasteiger partial charge in [-0.3, -0.25) is 14.4 Å². The highest BCUT2D eigenvalue weighted by Gasteiger charge is 2.63. The number of amides is 3. The minimum Gasteiger partial charge on any atom is -0.354 e. The smallest absolute Gasteiger partial charge is 0.249 e. The zero-order chi connectivity index (χ0) is 18.9. The van der Waals surface area contributed by atoms with Crippen molar-refractivity contribution in [3.8, 4) is 0 Å². The summed E-state index contributed by atoms with van der Waals surface area (Å²) in [6.07, 6.45) is 1.09. The highest BCUT2D eigenvalue weighted by atomic mass is 32.2. The fraction of sp³-hybridized carbons (Fsp3) is 0.526. The van der Waals surface area contributed by atoms with Crippen LogP contribution in [0.1, 0.15) is 32.8 Å². The van der Waals surface area contributed by atoms with E-state index in [1.807, 2.05) is 51.1 Å². The highest BCUT2D eigenvalue weighted by Crippen LogP contribution is 2.50. The van der Waals surface area contributed by atoms with Gasteiger partial charge in [0.15, 0.2) is 0 Å². The summed E-state index contributed by atoms with van der Waals surface area (Å²) in [5.41, 5.74) is 0.907. The van der Waals surface area contributed by atoms with Gasteiger partial charge in [-0.15, -0.1) is 11.8 Å². The maximum Gasteiger partial charge on any atom is 0.249 e. The fourth-order valence-corrected chi connectivity index (χ4v) is 5.15. The molecule has 3 amide bonds. The molecule has 1 aromatic rings. The number of carbonyl (C=O) groups excluding carboxylic acids is 3. The third-order valence-corrected chi connectivity index (χ3v) is 6.33. The zero-order valence-electron chi connectivity index (χ0n) is 15.3. The monoisotopic (exact) mass is 375 g/mol. The minimum atomic E-state index is -0.556. The Morgan fingerprint density at radius 3 is 2.58 bits per heavy atom. The largest absolute Gasteiger partial charge is 0.354 e. The first-order valence-electron chi connectivity index (χ1n) is 8.96. The van der Waals surface area contributed by atoms with E-state index < -0.39 is 16.8 Å². The van der Waals surface area contributed by atoms with E-state index in [4.69, 9.17) is 0 Å². The molecule has 2 saturated heterocycles. The molecule has 7 heteroatoms. The summed E-state index contributed by atoms with van der Waals surface area (Å²) in [7, 11) is 0. The molecule has 2 aliphatic heterocycles. The molecule has 6 nitrogen and oxygen atoms in total. The summed E-state index contributed by atoms with van der Waals surface area (Å²) in [4.78, 5) is 39.1. The van der Waals surface area contributed by atoms with Crippen LogP contribution in [0.2, 0.25) is 0 Å². The van der Waals surface area contributed by atoms with Gasteiger partial charge in [-0.05, 0) is 25.8 Å². The van der Waals surface area contributed by atoms with Gasteiger partial charge in [-0.1, -0.05) is 37.3 Å². The molecule has 2 heterocycles. The van der Waals surface area contributed by atoms with Crippen LogP contribution in [0.5, 0.6) is 0 Å². The second-order valence-corrected chi connectivity index (χ2v) is 9.03. The summed E-state index contributed by atoms with van der Waals surface area (Å²) < 4.78 is -0.392. The van der Waals surface area contributed by atoms with Crippen LogP contribution in [0.15, 0.2) is 30.3 Å². The third kappa shape index (κ3) is 3.45. The van der Waals surface area contributed by atoms with Crippen molar-refractivity contribution in [2.24, 2.45) is 0 Å². The van der Waals surface area contributed by atoms with Gasteiger partial charge in [-0.25, -0.2) is 0 Å². The average Bonchev–Trinajstić information content (AvgIpc) is 2.86. The molecular weight excluding hydrogens is 350 g/mol. The number of benzene rings is 1. The molecule has 0 radical (unpaired) electrons. The van der Waals surface area contributed by atoms with Crippen molar-refractivity contribution in [2.75, 3.05) is 6.54 Å². The Morgan fingerprint density at radius 2 is 1.92 bits per heavy atom. The van der Waals surface area contributed by atoms with Gasteiger partial charge in [0.2, 0.25) is 17.7 Å². The molecule has 0 unspecified atom stereocenters. The van der Waals surface area contributed by atoms with Gasteiger partial charge in [0, 0.05) is 11.3 Å². The van der Waals surface area contributed by atoms with Gasteiger partial charge in [0.25, 0.3) is 0 Å². The lowest BCUT2D eigenvalue weighted by atomic mass is 9.95. The van der Waals surface area contributed by atoms with Crippen molar-refractivity contribution < 1.29 is 14.4 Å². The lowest BCUT2D eigenvalue weighted by Gasteiger charge is -2.44. The maximum absolute atomic E-state index is 12.6. The number of hydrogen-bond donors (Lipinski definition) is 2. The van der Waals surface area contributed by atoms with Crippen LogP contribution in [0.3, 0.4) is 0 Å². The second-order valence-electron chi connectivity index (χ2n) is 7.26. The van der Waals surface area contributed by atoms with E-state index in [-0.39, 0.29) is 29.5 Å². The maximum atomic E-state index is 12.6. The number of nitrogens with zero attached hydrogens (tertiary/aromatic N) is 1. The summed E-state index contributed by atoms with van der Waals surface area (Å²) in [6, 6.07) is 8.38. The van der Waals surface area contributed by atoms with E-state index in [2.05, 4.69) is 10.6 Å². The van der Waals surface area contributed by atoms with E-state index in [0.29, 0.717) is 6.54 Å². The van der Waals surface area contributed by atoms with Crippen molar-refractivity contribution in [3.63, 3.8) is 0 Å². The molecule has 0 spiro atoms. The predicted octanol–water partition coefficient (Wildman–Crippen LogP) is 1.30. The molecule has 26 heavy (non-hydrogen) atoms. The first-order valence-corrected chi connectivity index (χ1v) is 9.84. The van der Waals surface area contributed by atoms with E-state index in [1.54, 1.807) is 16.7 Å². The van der Waals surface area contributed by atoms with Crippen LogP contribution in [-0.4, -0.2) is 51.4 Å². The molecule has 0 saturated carbocycles. The Labute approximate surface area is 158 Å². The first kappa shape index (κ1) is 18.8. The van der Waals surface area contributed by atoms with Gasteiger partial charge < -0.3 is 15.5 Å². The Kier molecular flexibility index (Phi) is 5.27. The summed E-state index contributed by atoms with van der Waals surface area (Å²) in [5, 5.41) is 5.55. The Hall–Kier alpha value is -2.02. The summed E-state index contributed by atoms with van der Waals surface area (Å²) in [6.45, 7) is 6.54. The standard InChI is InChI=1S/C19H25N3O3S/c1-4-10-20-16(24)15-19(2,3)26-18-14(17(25)22(15)18)21-13(23)11-12-8-6-5-7-9-12/h5-9,14-15,18H,4,10-11H2,1-3H3,(H,20,24)(H,21,23)/t14-,15+,18-/m1/s1. The molecule has 0 aliphatic carbocycles. The molecule has 2 aliphatic rings. The second kappa shape index (κ2) is 7.31. The average molecular weight is 375 g/mol. The molecule has 140 valence electrons. The highest BCUT2D eigenvalue weighted by molar-refractivity contribution is 8.01. The van der Waals surface area contributed by atoms with E-state index in [1.165, 1.54) is 0 Å². The number of hydrogen-bond acceptors (Lipinski definition) is 4. The lowest BCUT2D eigenvalue weighted by molar-refractivity contribution is -0.155. The quantitative estimate of drug-likeness (QED) is 0.735. The first-order chi connectivity index (χ1) is 12.3. The van der Waals surface area contributed by atoms with Crippen LogP contribution in [0.4, 0.5) is 0 Å². The Bertz CT molecular complexity index is 707. The number of rotatable bonds is 6. The number of fused-ring (bicyclic) bond motifs is 1. The van der Waals surface area contributed by atoms with Crippen molar-refractivity contribution in [1.82, 2.24) is 15.5 Å². The molecule has 0 aromatic heterocycles. The predicted molar refractivity (Wildman–Crippen MR) is 101 cm³/mol. The zero-order valence-corrected chi connectivity index (χ0v) is 16.1. The number of nitrogens with one attached hydrogen (secondary N) is 2. The van der Waals surface area contributed by atoms with Crippen molar-refractivity contribution in [2.45, 2.75) is 55.8 Å². The van der Waals surface area contributed by atoms with Crippen LogP contribution in [-0.2, 0) is 20.8 Å². The SMILES string of the molecule is CCCNC(=O)[C@@H]1N2C(=O)[C@@H](NC(=O)Cc3ccccc3)[C@H]2SC1(C)C. The molecule has 0 bridgehead atoms. The number of thioether (sulfide) groups is 1. The molecule has 2 N–H and O–H groups in total. The van der Waals surface area contributed by atoms with E-state index in [9.17, 15) is 14.4 Å². The molecule has 3 rings (SSSR count). The van der Waals surface area contributed by atoms with E-state index >= 15 is 0 Å².